The molecule has 0 atom stereocenters. The highest BCUT2D eigenvalue weighted by molar-refractivity contribution is 6.95. The van der Waals surface area contributed by atoms with Crippen LogP contribution in [0.2, 0.25) is 0 Å². The highest BCUT2D eigenvalue weighted by atomic mass is 16.3. The number of carbonyl (C=O) groups is 1. The molecule has 1 spiro atoms. The first kappa shape index (κ1) is 27.7. The second kappa shape index (κ2) is 9.15. The summed E-state index contributed by atoms with van der Waals surface area (Å²) in [4.78, 5) is 18.5. The van der Waals surface area contributed by atoms with E-state index >= 15 is 4.79 Å². The topological polar surface area (TPSA) is 33.5 Å². The molecule has 4 aliphatic rings. The summed E-state index contributed by atoms with van der Waals surface area (Å²) in [6, 6.07) is 51.9. The Balaban J connectivity index is 1.29. The zero-order valence-corrected chi connectivity index (χ0v) is 28.2. The predicted molar refractivity (Wildman–Crippen MR) is 208 cm³/mol. The summed E-state index contributed by atoms with van der Waals surface area (Å²) < 4.78 is 6.49. The van der Waals surface area contributed by atoms with Gasteiger partial charge in [0.1, 0.15) is 16.6 Å². The minimum Gasteiger partial charge on any atom is -0.456 e. The number of nitrogens with zero attached hydrogens (tertiary/aromatic N) is 1. The number of furan rings is 1. The highest BCUT2D eigenvalue weighted by Crippen LogP contribution is 2.61. The number of benzene rings is 7. The standard InChI is InChI=1S/C47H30BNO2/c1-46(2)32-18-7-5-16-30(32)42-44(46)48(36-22-12-24-39-41(36)31-17-6-10-23-38(31)51-39)37-26-25-27-13-11-21-35-40(27)43(37)49(42)45(50)47(35)33-19-8-3-14-28(33)29-15-4-9-20-34(29)47/h3-26H,1-2H3. The second-order valence-electron chi connectivity index (χ2n) is 15.1. The van der Waals surface area contributed by atoms with Gasteiger partial charge in [-0.05, 0) is 56.4 Å². The van der Waals surface area contributed by atoms with E-state index in [9.17, 15) is 0 Å². The fraction of sp³-hybridized carbons (Fsp3) is 0.0851. The first-order chi connectivity index (χ1) is 25.0. The Morgan fingerprint density at radius 2 is 1.18 bits per heavy atom. The summed E-state index contributed by atoms with van der Waals surface area (Å²) in [5, 5.41) is 4.56. The third kappa shape index (κ3) is 3.05. The Hall–Kier alpha value is -6.13. The van der Waals surface area contributed by atoms with Gasteiger partial charge in [-0.15, -0.1) is 0 Å². The fourth-order valence-corrected chi connectivity index (χ4v) is 10.6. The molecule has 7 aromatic carbocycles. The van der Waals surface area contributed by atoms with Crippen LogP contribution >= 0.6 is 0 Å². The molecular weight excluding hydrogens is 621 g/mol. The molecule has 8 aromatic rings. The molecule has 12 rings (SSSR count). The monoisotopic (exact) mass is 651 g/mol. The van der Waals surface area contributed by atoms with Crippen LogP contribution in [0, 0.1) is 0 Å². The highest BCUT2D eigenvalue weighted by Gasteiger charge is 2.60. The van der Waals surface area contributed by atoms with Crippen molar-refractivity contribution in [1.29, 1.82) is 0 Å². The van der Waals surface area contributed by atoms with E-state index in [4.69, 9.17) is 4.42 Å². The first-order valence-corrected chi connectivity index (χ1v) is 17.9. The van der Waals surface area contributed by atoms with E-state index in [1.807, 2.05) is 6.07 Å². The number of fused-ring (bicyclic) bond motifs is 12. The Bertz CT molecular complexity index is 2900. The summed E-state index contributed by atoms with van der Waals surface area (Å²) >= 11 is 0. The van der Waals surface area contributed by atoms with Gasteiger partial charge in [0.2, 0.25) is 6.71 Å². The Kier molecular flexibility index (Phi) is 4.97. The molecule has 3 nitrogen and oxygen atoms in total. The zero-order chi connectivity index (χ0) is 33.8. The van der Waals surface area contributed by atoms with E-state index in [-0.39, 0.29) is 18.0 Å². The van der Waals surface area contributed by atoms with Gasteiger partial charge in [0, 0.05) is 32.8 Å². The van der Waals surface area contributed by atoms with Gasteiger partial charge >= 0.3 is 0 Å². The summed E-state index contributed by atoms with van der Waals surface area (Å²) in [6.45, 7) is 4.58. The van der Waals surface area contributed by atoms with E-state index in [0.29, 0.717) is 0 Å². The maximum Gasteiger partial charge on any atom is 0.251 e. The normalized spacial score (nSPS) is 17.0. The number of hydrogen-bond donors (Lipinski definition) is 0. The number of amides is 1. The number of hydrogen-bond acceptors (Lipinski definition) is 2. The average molecular weight is 652 g/mol. The van der Waals surface area contributed by atoms with Crippen LogP contribution in [0.5, 0.6) is 0 Å². The summed E-state index contributed by atoms with van der Waals surface area (Å²) in [6.07, 6.45) is 0. The van der Waals surface area contributed by atoms with Crippen LogP contribution in [0.15, 0.2) is 155 Å². The Morgan fingerprint density at radius 1 is 0.549 bits per heavy atom. The number of carbonyl (C=O) groups excluding carboxylic acids is 1. The Morgan fingerprint density at radius 3 is 1.96 bits per heavy atom. The molecule has 1 aromatic heterocycles. The average Bonchev–Trinajstić information content (AvgIpc) is 3.77. The van der Waals surface area contributed by atoms with Crippen LogP contribution in [0.3, 0.4) is 0 Å². The lowest BCUT2D eigenvalue weighted by atomic mass is 9.31. The lowest BCUT2D eigenvalue weighted by molar-refractivity contribution is -0.120. The molecule has 0 bridgehead atoms. The van der Waals surface area contributed by atoms with Gasteiger partial charge < -0.3 is 4.42 Å². The van der Waals surface area contributed by atoms with Crippen molar-refractivity contribution >= 4 is 67.6 Å². The third-order valence-corrected chi connectivity index (χ3v) is 12.5. The molecule has 0 saturated heterocycles. The van der Waals surface area contributed by atoms with E-state index in [1.54, 1.807) is 0 Å². The minimum absolute atomic E-state index is 0.0952. The molecule has 51 heavy (non-hydrogen) atoms. The van der Waals surface area contributed by atoms with Crippen molar-refractivity contribution in [2.45, 2.75) is 24.7 Å². The first-order valence-electron chi connectivity index (χ1n) is 17.9. The smallest absolute Gasteiger partial charge is 0.251 e. The van der Waals surface area contributed by atoms with Gasteiger partial charge in [-0.25, -0.2) is 0 Å². The summed E-state index contributed by atoms with van der Waals surface area (Å²) in [5.74, 6) is 0.0952. The largest absolute Gasteiger partial charge is 0.456 e. The Labute approximate surface area is 295 Å². The molecule has 1 amide bonds. The van der Waals surface area contributed by atoms with Gasteiger partial charge in [0.15, 0.2) is 0 Å². The number of rotatable bonds is 1. The molecule has 0 radical (unpaired) electrons. The van der Waals surface area contributed by atoms with Crippen LogP contribution in [-0.2, 0) is 15.6 Å². The molecule has 0 N–H and O–H groups in total. The number of allylic oxidation sites excluding steroid dienone is 1. The van der Waals surface area contributed by atoms with Gasteiger partial charge in [-0.3, -0.25) is 9.69 Å². The van der Waals surface area contributed by atoms with E-state index in [0.717, 1.165) is 82.9 Å². The summed E-state index contributed by atoms with van der Waals surface area (Å²) in [7, 11) is 0. The van der Waals surface area contributed by atoms with Crippen molar-refractivity contribution in [2.75, 3.05) is 4.90 Å². The van der Waals surface area contributed by atoms with Crippen molar-refractivity contribution < 1.29 is 9.21 Å². The van der Waals surface area contributed by atoms with Crippen LogP contribution in [-0.4, -0.2) is 12.6 Å². The molecular formula is C47H30BNO2. The molecule has 3 heterocycles. The third-order valence-electron chi connectivity index (χ3n) is 12.5. The lowest BCUT2D eigenvalue weighted by Gasteiger charge is -2.47. The van der Waals surface area contributed by atoms with E-state index < -0.39 is 5.41 Å². The SMILES string of the molecule is CC1(C)C2=C(c3ccccc31)N1C(=O)C3(c4ccccc4-c4ccccc43)c3cccc4ccc(c1c34)B2c1cccc2oc3ccccc3c12. The molecule has 2 aliphatic carbocycles. The minimum atomic E-state index is -0.994. The van der Waals surface area contributed by atoms with E-state index in [1.165, 1.54) is 16.5 Å². The number of para-hydroxylation sites is 1. The van der Waals surface area contributed by atoms with Crippen molar-refractivity contribution in [2.24, 2.45) is 0 Å². The molecule has 0 unspecified atom stereocenters. The van der Waals surface area contributed by atoms with Gasteiger partial charge in [-0.2, -0.15) is 0 Å². The van der Waals surface area contributed by atoms with Gasteiger partial charge in [0.25, 0.3) is 5.91 Å². The fourth-order valence-electron chi connectivity index (χ4n) is 10.6. The second-order valence-corrected chi connectivity index (χ2v) is 15.1. The molecule has 238 valence electrons. The van der Waals surface area contributed by atoms with Gasteiger partial charge in [0.05, 0.1) is 5.69 Å². The molecule has 0 fully saturated rings. The predicted octanol–water partition coefficient (Wildman–Crippen LogP) is 9.26. The van der Waals surface area contributed by atoms with Crippen LogP contribution in [0.1, 0.15) is 41.7 Å². The number of anilines is 1. The van der Waals surface area contributed by atoms with Crippen molar-refractivity contribution in [3.8, 4) is 11.1 Å². The lowest BCUT2D eigenvalue weighted by Crippen LogP contribution is -2.59. The quantitative estimate of drug-likeness (QED) is 0.166. The van der Waals surface area contributed by atoms with Crippen molar-refractivity contribution in [3.63, 3.8) is 0 Å². The van der Waals surface area contributed by atoms with Crippen LogP contribution in [0.4, 0.5) is 5.69 Å². The van der Waals surface area contributed by atoms with Crippen LogP contribution in [0.25, 0.3) is 49.5 Å². The van der Waals surface area contributed by atoms with Crippen molar-refractivity contribution in [1.82, 2.24) is 0 Å². The molecule has 2 aliphatic heterocycles. The molecule has 4 heteroatoms. The zero-order valence-electron chi connectivity index (χ0n) is 28.2. The summed E-state index contributed by atoms with van der Waals surface area (Å²) in [5.41, 5.74) is 13.9. The molecule has 0 saturated carbocycles. The van der Waals surface area contributed by atoms with Crippen LogP contribution < -0.4 is 15.8 Å². The maximum absolute atomic E-state index is 16.3. The maximum atomic E-state index is 16.3. The van der Waals surface area contributed by atoms with Gasteiger partial charge in [-0.1, -0.05) is 158 Å². The van der Waals surface area contributed by atoms with E-state index in [2.05, 4.69) is 158 Å². The van der Waals surface area contributed by atoms with Crippen molar-refractivity contribution in [3.05, 3.63) is 179 Å².